The Morgan fingerprint density at radius 2 is 1.08 bits per heavy atom. The lowest BCUT2D eigenvalue weighted by Gasteiger charge is -2.51. The molecular weight excluding hydrogens is 749 g/mol. The molecule has 13 rings (SSSR count). The Morgan fingerprint density at radius 1 is 0.500 bits per heavy atom. The molecular formula is C60H52N2. The van der Waals surface area contributed by atoms with Gasteiger partial charge in [-0.2, -0.15) is 0 Å². The van der Waals surface area contributed by atoms with Crippen molar-refractivity contribution in [1.82, 2.24) is 4.57 Å². The Hall–Kier alpha value is -6.38. The van der Waals surface area contributed by atoms with E-state index < -0.39 is 0 Å². The van der Waals surface area contributed by atoms with Crippen molar-refractivity contribution >= 4 is 49.6 Å². The maximum atomic E-state index is 2.63. The van der Waals surface area contributed by atoms with Crippen molar-refractivity contribution in [2.45, 2.75) is 63.2 Å². The van der Waals surface area contributed by atoms with E-state index in [4.69, 9.17) is 0 Å². The molecule has 2 bridgehead atoms. The highest BCUT2D eigenvalue weighted by Gasteiger charge is 2.68. The number of aromatic nitrogens is 1. The van der Waals surface area contributed by atoms with Gasteiger partial charge in [-0.05, 0) is 149 Å². The maximum Gasteiger partial charge on any atom is 0.0541 e. The third kappa shape index (κ3) is 4.98. The van der Waals surface area contributed by atoms with E-state index in [-0.39, 0.29) is 10.8 Å². The Morgan fingerprint density at radius 3 is 1.79 bits per heavy atom. The first-order valence-corrected chi connectivity index (χ1v) is 23.1. The molecule has 0 amide bonds. The Kier molecular flexibility index (Phi) is 7.79. The molecule has 0 N–H and O–H groups in total. The van der Waals surface area contributed by atoms with Crippen molar-refractivity contribution < 1.29 is 0 Å². The predicted octanol–water partition coefficient (Wildman–Crippen LogP) is 15.8. The van der Waals surface area contributed by atoms with Gasteiger partial charge in [-0.15, -0.1) is 0 Å². The highest BCUT2D eigenvalue weighted by molar-refractivity contribution is 6.09. The summed E-state index contributed by atoms with van der Waals surface area (Å²) in [5.41, 5.74) is 16.1. The molecule has 4 aliphatic rings. The summed E-state index contributed by atoms with van der Waals surface area (Å²) in [5, 5.41) is 5.09. The zero-order chi connectivity index (χ0) is 41.3. The molecule has 0 aliphatic heterocycles. The molecule has 1 aromatic heterocycles. The van der Waals surface area contributed by atoms with E-state index in [0.717, 1.165) is 23.7 Å². The van der Waals surface area contributed by atoms with Crippen molar-refractivity contribution in [3.05, 3.63) is 204 Å². The minimum Gasteiger partial charge on any atom is -0.310 e. The van der Waals surface area contributed by atoms with E-state index in [2.05, 4.69) is 212 Å². The first kappa shape index (κ1) is 36.3. The van der Waals surface area contributed by atoms with Crippen LogP contribution < -0.4 is 4.90 Å². The van der Waals surface area contributed by atoms with Crippen LogP contribution in [-0.2, 0) is 10.8 Å². The molecule has 1 heterocycles. The van der Waals surface area contributed by atoms with E-state index in [0.29, 0.717) is 5.92 Å². The second-order valence-electron chi connectivity index (χ2n) is 19.9. The van der Waals surface area contributed by atoms with Crippen LogP contribution in [0.15, 0.2) is 182 Å². The van der Waals surface area contributed by atoms with Gasteiger partial charge in [-0.25, -0.2) is 0 Å². The largest absolute Gasteiger partial charge is 0.310 e. The summed E-state index contributed by atoms with van der Waals surface area (Å²) < 4.78 is 2.39. The molecule has 1 spiro atoms. The monoisotopic (exact) mass is 800 g/mol. The summed E-state index contributed by atoms with van der Waals surface area (Å²) in [6.45, 7) is 7.56. The molecule has 9 aromatic rings. The fourth-order valence-electron chi connectivity index (χ4n) is 14.2. The standard InChI is InChI=1S/C60H52N2/c1-38-33-43-35-42-36-44(34-38)60(43)53-32-31-47(37-54(53)59(2,3)52-19-9-6-18-51(52)58(42)60)61(55-22-12-14-41-13-4-5-15-48(41)55)45-27-23-39(24-28-45)40-25-29-46(30-26-40)62-56-20-10-7-16-49(56)50-17-8-11-21-57(50)62/h4-32,37-38,42-44,58H,33-36H2,1-3H3/t38-,42+,43+,44-,58?,60?. The van der Waals surface area contributed by atoms with Crippen LogP contribution in [-0.4, -0.2) is 4.57 Å². The van der Waals surface area contributed by atoms with Crippen LogP contribution in [0.5, 0.6) is 0 Å². The predicted molar refractivity (Wildman–Crippen MR) is 259 cm³/mol. The average molecular weight is 801 g/mol. The van der Waals surface area contributed by atoms with Crippen LogP contribution in [0.25, 0.3) is 49.4 Å². The van der Waals surface area contributed by atoms with Gasteiger partial charge in [0, 0.05) is 44.1 Å². The quantitative estimate of drug-likeness (QED) is 0.168. The van der Waals surface area contributed by atoms with E-state index >= 15 is 0 Å². The van der Waals surface area contributed by atoms with Crippen LogP contribution in [0.3, 0.4) is 0 Å². The van der Waals surface area contributed by atoms with Gasteiger partial charge in [0.25, 0.3) is 0 Å². The van der Waals surface area contributed by atoms with E-state index in [9.17, 15) is 0 Å². The molecule has 8 aromatic carbocycles. The number of benzene rings is 8. The zero-order valence-electron chi connectivity index (χ0n) is 35.9. The molecule has 4 aliphatic carbocycles. The molecule has 2 heteroatoms. The van der Waals surface area contributed by atoms with Crippen molar-refractivity contribution in [2.75, 3.05) is 4.90 Å². The lowest BCUT2D eigenvalue weighted by atomic mass is 9.53. The molecule has 0 radical (unpaired) electrons. The van der Waals surface area contributed by atoms with Gasteiger partial charge in [-0.1, -0.05) is 148 Å². The lowest BCUT2D eigenvalue weighted by Crippen LogP contribution is -2.46. The topological polar surface area (TPSA) is 8.17 Å². The molecule has 6 atom stereocenters. The summed E-state index contributed by atoms with van der Waals surface area (Å²) in [4.78, 5) is 2.54. The molecule has 3 saturated carbocycles. The first-order valence-electron chi connectivity index (χ1n) is 23.1. The second-order valence-corrected chi connectivity index (χ2v) is 19.9. The highest BCUT2D eigenvalue weighted by Crippen LogP contribution is 2.75. The number of hydrogen-bond acceptors (Lipinski definition) is 1. The average Bonchev–Trinajstić information content (AvgIpc) is 3.92. The second kappa shape index (κ2) is 13.3. The van der Waals surface area contributed by atoms with Crippen LogP contribution in [0.1, 0.15) is 74.6 Å². The van der Waals surface area contributed by atoms with Gasteiger partial charge in [0.2, 0.25) is 0 Å². The number of anilines is 3. The van der Waals surface area contributed by atoms with Crippen LogP contribution in [0.4, 0.5) is 17.1 Å². The third-order valence-corrected chi connectivity index (χ3v) is 16.4. The number of para-hydroxylation sites is 2. The SMILES string of the molecule is C[C@H]1C[C@@H]2C[C@@H]3C[C@H](C1)C21c2ccc(N(c4ccc(-c5ccc(-n6c7ccccc7c7ccccc76)cc5)cc4)c4cccc5ccccc45)cc2C(C)(C)c2ccccc2C31. The smallest absolute Gasteiger partial charge is 0.0541 e. The van der Waals surface area contributed by atoms with Gasteiger partial charge in [0.05, 0.1) is 16.7 Å². The van der Waals surface area contributed by atoms with Crippen LogP contribution in [0, 0.1) is 23.7 Å². The summed E-state index contributed by atoms with van der Waals surface area (Å²) >= 11 is 0. The number of nitrogens with zero attached hydrogens (tertiary/aromatic N) is 2. The minimum absolute atomic E-state index is 0.138. The minimum atomic E-state index is -0.138. The number of hydrogen-bond donors (Lipinski definition) is 0. The lowest BCUT2D eigenvalue weighted by molar-refractivity contribution is 0.0822. The number of fused-ring (bicyclic) bond motifs is 6. The van der Waals surface area contributed by atoms with Crippen molar-refractivity contribution in [3.8, 4) is 16.8 Å². The molecule has 302 valence electrons. The van der Waals surface area contributed by atoms with Gasteiger partial charge in [-0.3, -0.25) is 0 Å². The molecule has 2 nitrogen and oxygen atoms in total. The fourth-order valence-corrected chi connectivity index (χ4v) is 14.2. The molecule has 3 fully saturated rings. The Bertz CT molecular complexity index is 3150. The zero-order valence-corrected chi connectivity index (χ0v) is 35.9. The Balaban J connectivity index is 0.944. The van der Waals surface area contributed by atoms with E-state index in [1.165, 1.54) is 103 Å². The van der Waals surface area contributed by atoms with Crippen LogP contribution in [0.2, 0.25) is 0 Å². The first-order chi connectivity index (χ1) is 30.4. The molecule has 2 unspecified atom stereocenters. The Labute approximate surface area is 365 Å². The van der Waals surface area contributed by atoms with E-state index in [1.54, 1.807) is 11.1 Å². The van der Waals surface area contributed by atoms with Crippen LogP contribution >= 0.6 is 0 Å². The molecule has 62 heavy (non-hydrogen) atoms. The van der Waals surface area contributed by atoms with Gasteiger partial charge >= 0.3 is 0 Å². The normalized spacial score (nSPS) is 24.1. The van der Waals surface area contributed by atoms with Gasteiger partial charge < -0.3 is 9.47 Å². The summed E-state index contributed by atoms with van der Waals surface area (Å²) in [6, 6.07) is 68.9. The highest BCUT2D eigenvalue weighted by atomic mass is 15.1. The summed E-state index contributed by atoms with van der Waals surface area (Å²) in [7, 11) is 0. The fraction of sp³-hybridized carbons (Fsp3) is 0.233. The van der Waals surface area contributed by atoms with Gasteiger partial charge in [0.1, 0.15) is 0 Å². The third-order valence-electron chi connectivity index (χ3n) is 16.4. The summed E-state index contributed by atoms with van der Waals surface area (Å²) in [5.74, 6) is 3.72. The van der Waals surface area contributed by atoms with Gasteiger partial charge in [0.15, 0.2) is 0 Å². The van der Waals surface area contributed by atoms with E-state index in [1.807, 2.05) is 0 Å². The summed E-state index contributed by atoms with van der Waals surface area (Å²) in [6.07, 6.45) is 5.51. The van der Waals surface area contributed by atoms with Crippen molar-refractivity contribution in [2.24, 2.45) is 23.7 Å². The molecule has 0 saturated heterocycles. The van der Waals surface area contributed by atoms with Crippen molar-refractivity contribution in [3.63, 3.8) is 0 Å². The van der Waals surface area contributed by atoms with Crippen molar-refractivity contribution in [1.29, 1.82) is 0 Å². The maximum absolute atomic E-state index is 2.63. The number of rotatable bonds is 5.